The van der Waals surface area contributed by atoms with Crippen molar-refractivity contribution in [1.82, 2.24) is 4.90 Å². The van der Waals surface area contributed by atoms with Crippen LogP contribution in [0.4, 0.5) is 5.69 Å². The van der Waals surface area contributed by atoms with E-state index in [2.05, 4.69) is 26.1 Å². The molecule has 150 valence electrons. The first kappa shape index (κ1) is 20.4. The van der Waals surface area contributed by atoms with Gasteiger partial charge in [0.2, 0.25) is 5.91 Å². The first-order chi connectivity index (χ1) is 13.3. The molecule has 1 aliphatic heterocycles. The Morgan fingerprint density at radius 2 is 2.04 bits per heavy atom. The number of piperidine rings is 1. The fourth-order valence-corrected chi connectivity index (χ4v) is 4.13. The molecule has 1 aromatic carbocycles. The van der Waals surface area contributed by atoms with Crippen LogP contribution in [0.3, 0.4) is 0 Å². The lowest BCUT2D eigenvalue weighted by Crippen LogP contribution is -2.43. The summed E-state index contributed by atoms with van der Waals surface area (Å²) < 4.78 is 5.43. The Morgan fingerprint density at radius 3 is 2.68 bits per heavy atom. The molecule has 1 atom stereocenters. The summed E-state index contributed by atoms with van der Waals surface area (Å²) in [6, 6.07) is 9.61. The van der Waals surface area contributed by atoms with Crippen LogP contribution in [0.15, 0.2) is 35.7 Å². The van der Waals surface area contributed by atoms with Gasteiger partial charge < -0.3 is 15.0 Å². The van der Waals surface area contributed by atoms with E-state index in [9.17, 15) is 9.59 Å². The lowest BCUT2D eigenvalue weighted by Gasteiger charge is -2.32. The summed E-state index contributed by atoms with van der Waals surface area (Å²) in [7, 11) is 1.60. The van der Waals surface area contributed by atoms with Crippen molar-refractivity contribution in [3.8, 4) is 5.75 Å². The van der Waals surface area contributed by atoms with Gasteiger partial charge in [0.15, 0.2) is 0 Å². The Labute approximate surface area is 170 Å². The molecule has 1 saturated heterocycles. The van der Waals surface area contributed by atoms with E-state index in [0.717, 1.165) is 23.3 Å². The number of benzene rings is 1. The number of hydrogen-bond acceptors (Lipinski definition) is 4. The summed E-state index contributed by atoms with van der Waals surface area (Å²) in [5, 5.41) is 4.94. The predicted molar refractivity (Wildman–Crippen MR) is 113 cm³/mol. The molecule has 0 unspecified atom stereocenters. The molecule has 1 aliphatic rings. The minimum Gasteiger partial charge on any atom is -0.495 e. The number of nitrogens with zero attached hydrogens (tertiary/aromatic N) is 1. The molecule has 0 spiro atoms. The quantitative estimate of drug-likeness (QED) is 0.819. The molecule has 0 radical (unpaired) electrons. The van der Waals surface area contributed by atoms with Gasteiger partial charge in [-0.15, -0.1) is 11.3 Å². The SMILES string of the molecule is COc1ccc(C(C)(C)C)cc1NC(=O)[C@H]1CCCN(C(=O)c2cccs2)C1. The van der Waals surface area contributed by atoms with E-state index in [0.29, 0.717) is 24.5 Å². The molecule has 2 heterocycles. The molecule has 0 saturated carbocycles. The molecule has 1 fully saturated rings. The van der Waals surface area contributed by atoms with Crippen molar-refractivity contribution in [1.29, 1.82) is 0 Å². The maximum absolute atomic E-state index is 12.9. The highest BCUT2D eigenvalue weighted by atomic mass is 32.1. The maximum Gasteiger partial charge on any atom is 0.263 e. The first-order valence-corrected chi connectivity index (χ1v) is 10.5. The van der Waals surface area contributed by atoms with Gasteiger partial charge in [0.25, 0.3) is 5.91 Å². The molecule has 5 nitrogen and oxygen atoms in total. The summed E-state index contributed by atoms with van der Waals surface area (Å²) in [6.07, 6.45) is 1.61. The number of rotatable bonds is 4. The third-order valence-electron chi connectivity index (χ3n) is 5.13. The van der Waals surface area contributed by atoms with Crippen LogP contribution in [-0.4, -0.2) is 36.9 Å². The van der Waals surface area contributed by atoms with E-state index in [1.165, 1.54) is 11.3 Å². The van der Waals surface area contributed by atoms with Crippen LogP contribution in [0, 0.1) is 5.92 Å². The van der Waals surface area contributed by atoms with Crippen LogP contribution in [-0.2, 0) is 10.2 Å². The lowest BCUT2D eigenvalue weighted by atomic mass is 9.86. The largest absolute Gasteiger partial charge is 0.495 e. The molecule has 0 aliphatic carbocycles. The number of methoxy groups -OCH3 is 1. The second-order valence-electron chi connectivity index (χ2n) is 8.22. The van der Waals surface area contributed by atoms with Gasteiger partial charge in [-0.25, -0.2) is 0 Å². The fourth-order valence-electron chi connectivity index (χ4n) is 3.44. The van der Waals surface area contributed by atoms with Crippen LogP contribution in [0.25, 0.3) is 0 Å². The van der Waals surface area contributed by atoms with Crippen LogP contribution < -0.4 is 10.1 Å². The highest BCUT2D eigenvalue weighted by Gasteiger charge is 2.30. The highest BCUT2D eigenvalue weighted by molar-refractivity contribution is 7.12. The highest BCUT2D eigenvalue weighted by Crippen LogP contribution is 2.32. The number of thiophene rings is 1. The molecule has 0 bridgehead atoms. The zero-order valence-corrected chi connectivity index (χ0v) is 17.8. The molecule has 2 aromatic rings. The van der Waals surface area contributed by atoms with Crippen LogP contribution in [0.2, 0.25) is 0 Å². The number of carbonyl (C=O) groups is 2. The Bertz CT molecular complexity index is 840. The summed E-state index contributed by atoms with van der Waals surface area (Å²) in [5.41, 5.74) is 1.78. The van der Waals surface area contributed by atoms with E-state index in [1.54, 1.807) is 12.0 Å². The second-order valence-corrected chi connectivity index (χ2v) is 9.17. The normalized spacial score (nSPS) is 17.3. The standard InChI is InChI=1S/C22H28N2O3S/c1-22(2,3)16-9-10-18(27-4)17(13-16)23-20(25)15-7-5-11-24(14-15)21(26)19-8-6-12-28-19/h6,8-10,12-13,15H,5,7,11,14H2,1-4H3,(H,23,25)/t15-/m0/s1. The molecule has 1 N–H and O–H groups in total. The van der Waals surface area contributed by atoms with Gasteiger partial charge >= 0.3 is 0 Å². The molecule has 2 amide bonds. The molecule has 6 heteroatoms. The third-order valence-corrected chi connectivity index (χ3v) is 5.99. The minimum atomic E-state index is -0.222. The van der Waals surface area contributed by atoms with E-state index in [-0.39, 0.29) is 23.1 Å². The molecule has 3 rings (SSSR count). The topological polar surface area (TPSA) is 58.6 Å². The number of ether oxygens (including phenoxy) is 1. The maximum atomic E-state index is 12.9. The van der Waals surface area contributed by atoms with Crippen molar-refractivity contribution in [2.24, 2.45) is 5.92 Å². The van der Waals surface area contributed by atoms with E-state index >= 15 is 0 Å². The number of likely N-dealkylation sites (tertiary alicyclic amines) is 1. The summed E-state index contributed by atoms with van der Waals surface area (Å²) in [6.45, 7) is 7.55. The van der Waals surface area contributed by atoms with Crippen molar-refractivity contribution in [3.05, 3.63) is 46.2 Å². The van der Waals surface area contributed by atoms with Gasteiger partial charge in [-0.1, -0.05) is 32.9 Å². The zero-order valence-electron chi connectivity index (χ0n) is 17.0. The van der Waals surface area contributed by atoms with Gasteiger partial charge in [-0.2, -0.15) is 0 Å². The minimum absolute atomic E-state index is 0.0137. The first-order valence-electron chi connectivity index (χ1n) is 9.62. The number of hydrogen-bond donors (Lipinski definition) is 1. The lowest BCUT2D eigenvalue weighted by molar-refractivity contribution is -0.121. The average molecular weight is 401 g/mol. The Morgan fingerprint density at radius 1 is 1.25 bits per heavy atom. The molecule has 28 heavy (non-hydrogen) atoms. The van der Waals surface area contributed by atoms with Crippen LogP contribution in [0.1, 0.15) is 48.8 Å². The predicted octanol–water partition coefficient (Wildman–Crippen LogP) is 4.55. The third kappa shape index (κ3) is 4.55. The van der Waals surface area contributed by atoms with Crippen molar-refractivity contribution < 1.29 is 14.3 Å². The molecule has 1 aromatic heterocycles. The van der Waals surface area contributed by atoms with Gasteiger partial charge in [0.1, 0.15) is 5.75 Å². The van der Waals surface area contributed by atoms with Gasteiger partial charge in [-0.3, -0.25) is 9.59 Å². The number of amides is 2. The van der Waals surface area contributed by atoms with Crippen molar-refractivity contribution in [3.63, 3.8) is 0 Å². The van der Waals surface area contributed by atoms with E-state index in [4.69, 9.17) is 4.74 Å². The Balaban J connectivity index is 1.73. The van der Waals surface area contributed by atoms with Crippen molar-refractivity contribution >= 4 is 28.8 Å². The van der Waals surface area contributed by atoms with Crippen LogP contribution >= 0.6 is 11.3 Å². The number of carbonyl (C=O) groups excluding carboxylic acids is 2. The zero-order chi connectivity index (χ0) is 20.3. The smallest absolute Gasteiger partial charge is 0.263 e. The fraction of sp³-hybridized carbons (Fsp3) is 0.455. The van der Waals surface area contributed by atoms with Crippen LogP contribution in [0.5, 0.6) is 5.75 Å². The van der Waals surface area contributed by atoms with Crippen molar-refractivity contribution in [2.75, 3.05) is 25.5 Å². The monoisotopic (exact) mass is 400 g/mol. The van der Waals surface area contributed by atoms with E-state index < -0.39 is 0 Å². The Kier molecular flexibility index (Phi) is 6.08. The molecular weight excluding hydrogens is 372 g/mol. The molecular formula is C22H28N2O3S. The van der Waals surface area contributed by atoms with Crippen molar-refractivity contribution in [2.45, 2.75) is 39.0 Å². The van der Waals surface area contributed by atoms with E-state index in [1.807, 2.05) is 35.7 Å². The summed E-state index contributed by atoms with van der Waals surface area (Å²) in [5.74, 6) is 0.372. The Hall–Kier alpha value is -2.34. The van der Waals surface area contributed by atoms with Gasteiger partial charge in [0.05, 0.1) is 23.6 Å². The summed E-state index contributed by atoms with van der Waals surface area (Å²) >= 11 is 1.44. The van der Waals surface area contributed by atoms with Gasteiger partial charge in [-0.05, 0) is 47.4 Å². The number of nitrogens with one attached hydrogen (secondary N) is 1. The van der Waals surface area contributed by atoms with Gasteiger partial charge in [0, 0.05) is 13.1 Å². The second kappa shape index (κ2) is 8.35. The average Bonchev–Trinajstić information content (AvgIpc) is 3.21. The summed E-state index contributed by atoms with van der Waals surface area (Å²) in [4.78, 5) is 28.1. The number of anilines is 1.